The number of rotatable bonds is 4. The molecule has 2 nitrogen and oxygen atoms in total. The molecule has 1 aromatic carbocycles. The van der Waals surface area contributed by atoms with Gasteiger partial charge in [0.1, 0.15) is 11.3 Å². The Morgan fingerprint density at radius 3 is 2.86 bits per heavy atom. The smallest absolute Gasteiger partial charge is 0.134 e. The van der Waals surface area contributed by atoms with Gasteiger partial charge in [0.25, 0.3) is 0 Å². The molecule has 0 saturated heterocycles. The van der Waals surface area contributed by atoms with Gasteiger partial charge in [-0.15, -0.1) is 0 Å². The summed E-state index contributed by atoms with van der Waals surface area (Å²) < 4.78 is 5.99. The molecule has 3 rings (SSSR count). The average Bonchev–Trinajstić information content (AvgIpc) is 2.73. The van der Waals surface area contributed by atoms with Crippen LogP contribution in [0.1, 0.15) is 57.3 Å². The van der Waals surface area contributed by atoms with Crippen molar-refractivity contribution in [3.63, 3.8) is 0 Å². The molecule has 1 aliphatic carbocycles. The molecule has 2 aromatic rings. The fraction of sp³-hybridized carbons (Fsp3) is 0.579. The Morgan fingerprint density at radius 1 is 1.14 bits per heavy atom. The molecule has 1 aromatic heterocycles. The van der Waals surface area contributed by atoms with E-state index in [1.165, 1.54) is 43.1 Å². The first-order valence-corrected chi connectivity index (χ1v) is 8.50. The largest absolute Gasteiger partial charge is 0.461 e. The molecule has 1 fully saturated rings. The van der Waals surface area contributed by atoms with Gasteiger partial charge in [0.2, 0.25) is 0 Å². The van der Waals surface area contributed by atoms with Gasteiger partial charge >= 0.3 is 0 Å². The molecule has 1 heterocycles. The number of furan rings is 1. The van der Waals surface area contributed by atoms with Crippen LogP contribution >= 0.6 is 0 Å². The van der Waals surface area contributed by atoms with Crippen molar-refractivity contribution in [2.24, 2.45) is 5.92 Å². The van der Waals surface area contributed by atoms with Crippen LogP contribution in [0, 0.1) is 5.92 Å². The lowest BCUT2D eigenvalue weighted by atomic mass is 10.0. The Bertz CT molecular complexity index is 586. The normalized spacial score (nSPS) is 23.3. The Labute approximate surface area is 127 Å². The third-order valence-electron chi connectivity index (χ3n) is 4.93. The molecule has 2 unspecified atom stereocenters. The second-order valence-corrected chi connectivity index (χ2v) is 6.54. The summed E-state index contributed by atoms with van der Waals surface area (Å²) in [5.41, 5.74) is 2.39. The number of nitrogens with one attached hydrogen (secondary N) is 1. The van der Waals surface area contributed by atoms with Crippen LogP contribution < -0.4 is 5.32 Å². The van der Waals surface area contributed by atoms with Gasteiger partial charge in [-0.05, 0) is 31.2 Å². The van der Waals surface area contributed by atoms with Gasteiger partial charge in [-0.1, -0.05) is 44.9 Å². The maximum absolute atomic E-state index is 5.99. The van der Waals surface area contributed by atoms with Crippen LogP contribution in [0.25, 0.3) is 11.0 Å². The Balaban J connectivity index is 1.72. The molecule has 0 bridgehead atoms. The van der Waals surface area contributed by atoms with E-state index in [4.69, 9.17) is 4.42 Å². The minimum Gasteiger partial charge on any atom is -0.461 e. The quantitative estimate of drug-likeness (QED) is 0.795. The Hall–Kier alpha value is -1.28. The number of hydrogen-bond acceptors (Lipinski definition) is 2. The molecular weight excluding hydrogens is 258 g/mol. The second-order valence-electron chi connectivity index (χ2n) is 6.54. The van der Waals surface area contributed by atoms with Crippen LogP contribution in [0.15, 0.2) is 28.7 Å². The predicted octanol–water partition coefficient (Wildman–Crippen LogP) is 5.05. The van der Waals surface area contributed by atoms with Gasteiger partial charge in [0.05, 0.1) is 0 Å². The van der Waals surface area contributed by atoms with Crippen molar-refractivity contribution in [3.05, 3.63) is 35.6 Å². The molecule has 2 atom stereocenters. The van der Waals surface area contributed by atoms with Gasteiger partial charge < -0.3 is 9.73 Å². The topological polar surface area (TPSA) is 25.2 Å². The summed E-state index contributed by atoms with van der Waals surface area (Å²) in [6, 6.07) is 9.09. The first kappa shape index (κ1) is 14.6. The first-order valence-electron chi connectivity index (χ1n) is 8.50. The molecule has 0 aliphatic heterocycles. The van der Waals surface area contributed by atoms with Gasteiger partial charge in [-0.25, -0.2) is 0 Å². The first-order chi connectivity index (χ1) is 10.3. The highest BCUT2D eigenvalue weighted by Gasteiger charge is 2.18. The van der Waals surface area contributed by atoms with Crippen LogP contribution in [-0.4, -0.2) is 6.04 Å². The van der Waals surface area contributed by atoms with Crippen LogP contribution in [0.3, 0.4) is 0 Å². The van der Waals surface area contributed by atoms with Crippen LogP contribution in [0.2, 0.25) is 0 Å². The zero-order valence-electron chi connectivity index (χ0n) is 13.3. The molecule has 1 aliphatic rings. The number of aryl methyl sites for hydroxylation is 1. The van der Waals surface area contributed by atoms with Gasteiger partial charge in [-0.2, -0.15) is 0 Å². The lowest BCUT2D eigenvalue weighted by Crippen LogP contribution is -2.28. The molecule has 21 heavy (non-hydrogen) atoms. The SMILES string of the molecule is CCc1oc2ccccc2c1CNC1CCCC(C)CC1. The standard InChI is InChI=1S/C19H27NO/c1-3-18-17(16-9-4-5-10-19(16)21-18)13-20-15-8-6-7-14(2)11-12-15/h4-5,9-10,14-15,20H,3,6-8,11-13H2,1-2H3. The zero-order chi connectivity index (χ0) is 14.7. The van der Waals surface area contributed by atoms with Crippen molar-refractivity contribution in [1.82, 2.24) is 5.32 Å². The predicted molar refractivity (Wildman–Crippen MR) is 88.5 cm³/mol. The van der Waals surface area contributed by atoms with E-state index in [0.717, 1.165) is 30.2 Å². The monoisotopic (exact) mass is 285 g/mol. The van der Waals surface area contributed by atoms with Crippen molar-refractivity contribution < 1.29 is 4.42 Å². The highest BCUT2D eigenvalue weighted by Crippen LogP contribution is 2.27. The summed E-state index contributed by atoms with van der Waals surface area (Å²) in [4.78, 5) is 0. The third-order valence-corrected chi connectivity index (χ3v) is 4.93. The van der Waals surface area contributed by atoms with Gasteiger partial charge in [0, 0.05) is 30.0 Å². The van der Waals surface area contributed by atoms with Crippen molar-refractivity contribution in [2.45, 2.75) is 65.0 Å². The number of hydrogen-bond donors (Lipinski definition) is 1. The lowest BCUT2D eigenvalue weighted by molar-refractivity contribution is 0.444. The fourth-order valence-corrected chi connectivity index (χ4v) is 3.57. The summed E-state index contributed by atoms with van der Waals surface area (Å²) in [5.74, 6) is 2.04. The van der Waals surface area contributed by atoms with E-state index < -0.39 is 0 Å². The summed E-state index contributed by atoms with van der Waals surface area (Å²) >= 11 is 0. The highest BCUT2D eigenvalue weighted by molar-refractivity contribution is 5.82. The molecular formula is C19H27NO. The Morgan fingerprint density at radius 2 is 2.00 bits per heavy atom. The molecule has 0 spiro atoms. The molecule has 1 saturated carbocycles. The van der Waals surface area contributed by atoms with Crippen molar-refractivity contribution in [3.8, 4) is 0 Å². The van der Waals surface area contributed by atoms with E-state index in [2.05, 4.69) is 43.4 Å². The second kappa shape index (κ2) is 6.65. The summed E-state index contributed by atoms with van der Waals surface area (Å²) in [6.07, 6.45) is 7.73. The lowest BCUT2D eigenvalue weighted by Gasteiger charge is -2.16. The third kappa shape index (κ3) is 3.32. The highest BCUT2D eigenvalue weighted by atomic mass is 16.3. The molecule has 1 N–H and O–H groups in total. The maximum atomic E-state index is 5.99. The van der Waals surface area contributed by atoms with Gasteiger partial charge in [0.15, 0.2) is 0 Å². The van der Waals surface area contributed by atoms with E-state index in [1.807, 2.05) is 0 Å². The molecule has 114 valence electrons. The maximum Gasteiger partial charge on any atom is 0.134 e. The summed E-state index contributed by atoms with van der Waals surface area (Å²) in [6.45, 7) is 5.51. The van der Waals surface area contributed by atoms with Crippen molar-refractivity contribution >= 4 is 11.0 Å². The average molecular weight is 285 g/mol. The van der Waals surface area contributed by atoms with Gasteiger partial charge in [-0.3, -0.25) is 0 Å². The fourth-order valence-electron chi connectivity index (χ4n) is 3.57. The number of fused-ring (bicyclic) bond motifs is 1. The van der Waals surface area contributed by atoms with E-state index in [9.17, 15) is 0 Å². The number of benzene rings is 1. The van der Waals surface area contributed by atoms with Crippen molar-refractivity contribution in [1.29, 1.82) is 0 Å². The van der Waals surface area contributed by atoms with Crippen LogP contribution in [0.4, 0.5) is 0 Å². The van der Waals surface area contributed by atoms with Crippen molar-refractivity contribution in [2.75, 3.05) is 0 Å². The summed E-state index contributed by atoms with van der Waals surface area (Å²) in [5, 5.41) is 5.07. The minimum atomic E-state index is 0.674. The Kier molecular flexibility index (Phi) is 4.64. The number of para-hydroxylation sites is 1. The molecule has 0 amide bonds. The van der Waals surface area contributed by atoms with E-state index in [-0.39, 0.29) is 0 Å². The van der Waals surface area contributed by atoms with E-state index in [0.29, 0.717) is 6.04 Å². The summed E-state index contributed by atoms with van der Waals surface area (Å²) in [7, 11) is 0. The van der Waals surface area contributed by atoms with Crippen LogP contribution in [-0.2, 0) is 13.0 Å². The molecule has 0 radical (unpaired) electrons. The van der Waals surface area contributed by atoms with E-state index >= 15 is 0 Å². The van der Waals surface area contributed by atoms with Crippen LogP contribution in [0.5, 0.6) is 0 Å². The minimum absolute atomic E-state index is 0.674. The van der Waals surface area contributed by atoms with E-state index in [1.54, 1.807) is 0 Å². The molecule has 2 heteroatoms. The zero-order valence-corrected chi connectivity index (χ0v) is 13.3.